The van der Waals surface area contributed by atoms with Crippen molar-refractivity contribution in [1.29, 1.82) is 0 Å². The van der Waals surface area contributed by atoms with E-state index in [4.69, 9.17) is 14.0 Å². The fourth-order valence-electron chi connectivity index (χ4n) is 3.14. The number of benzene rings is 1. The Labute approximate surface area is 155 Å². The lowest BCUT2D eigenvalue weighted by Gasteiger charge is -2.36. The number of hydrogen-bond acceptors (Lipinski definition) is 4. The Balaban J connectivity index is 2.07. The van der Waals surface area contributed by atoms with Gasteiger partial charge in [0, 0.05) is 12.0 Å². The average molecular weight is 362 g/mol. The smallest absolute Gasteiger partial charge is 0.508 e. The van der Waals surface area contributed by atoms with Gasteiger partial charge in [0.25, 0.3) is 0 Å². The second-order valence-corrected chi connectivity index (χ2v) is 9.27. The van der Waals surface area contributed by atoms with Crippen LogP contribution in [-0.2, 0) is 9.31 Å². The molecule has 0 bridgehead atoms. The summed E-state index contributed by atoms with van der Waals surface area (Å²) >= 11 is 0. The molecule has 3 rings (SSSR count). The fourth-order valence-corrected chi connectivity index (χ4v) is 3.14. The first kappa shape index (κ1) is 19.2. The molecule has 1 atom stereocenters. The third kappa shape index (κ3) is 3.25. The molecule has 0 radical (unpaired) electrons. The van der Waals surface area contributed by atoms with E-state index >= 15 is 4.39 Å². The number of halogens is 1. The molecule has 0 amide bonds. The van der Waals surface area contributed by atoms with Crippen LogP contribution in [0.15, 0.2) is 23.9 Å². The number of ether oxygens (including phenoxy) is 1. The van der Waals surface area contributed by atoms with Crippen LogP contribution in [0.1, 0.15) is 60.5 Å². The summed E-state index contributed by atoms with van der Waals surface area (Å²) in [4.78, 5) is 0. The maximum absolute atomic E-state index is 15.5. The minimum Gasteiger partial charge on any atom is -0.508 e. The molecule has 4 nitrogen and oxygen atoms in total. The number of fused-ring (bicyclic) bond motifs is 1. The molecule has 0 saturated carbocycles. The summed E-state index contributed by atoms with van der Waals surface area (Å²) in [6, 6.07) is 4.77. The van der Waals surface area contributed by atoms with E-state index < -0.39 is 24.0 Å². The zero-order valence-electron chi connectivity index (χ0n) is 16.6. The van der Waals surface area contributed by atoms with Gasteiger partial charge in [0.05, 0.1) is 11.2 Å². The first-order valence-electron chi connectivity index (χ1n) is 9.06. The molecule has 2 aliphatic rings. The van der Waals surface area contributed by atoms with Gasteiger partial charge >= 0.3 is 7.12 Å². The van der Waals surface area contributed by atoms with Gasteiger partial charge in [-0.25, -0.2) is 4.39 Å². The van der Waals surface area contributed by atoms with E-state index in [2.05, 4.69) is 20.8 Å². The van der Waals surface area contributed by atoms with E-state index in [9.17, 15) is 5.11 Å². The van der Waals surface area contributed by atoms with Crippen molar-refractivity contribution in [3.05, 3.63) is 29.5 Å². The zero-order chi connectivity index (χ0) is 19.5. The quantitative estimate of drug-likeness (QED) is 0.722. The first-order chi connectivity index (χ1) is 11.8. The summed E-state index contributed by atoms with van der Waals surface area (Å²) in [6.07, 6.45) is 0.193. The molecular formula is C20H28BFO4. The van der Waals surface area contributed by atoms with E-state index in [-0.39, 0.29) is 17.3 Å². The van der Waals surface area contributed by atoms with Crippen molar-refractivity contribution < 1.29 is 23.5 Å². The van der Waals surface area contributed by atoms with Crippen molar-refractivity contribution in [1.82, 2.24) is 0 Å². The zero-order valence-corrected chi connectivity index (χ0v) is 16.6. The van der Waals surface area contributed by atoms with E-state index in [1.807, 2.05) is 27.7 Å². The highest BCUT2D eigenvalue weighted by molar-refractivity contribution is 6.55. The standard InChI is InChI=1S/C20H28BFO4/c1-18(2,3)16-11-14(13-10-12(23)8-9-15(13)24-16)17(22)21-25-19(4,5)20(6,7)26-21/h8-10,16,23H,11H2,1-7H3. The summed E-state index contributed by atoms with van der Waals surface area (Å²) in [5.74, 6) is 0.636. The predicted molar refractivity (Wildman–Crippen MR) is 101 cm³/mol. The summed E-state index contributed by atoms with van der Waals surface area (Å²) in [5, 5.41) is 9.88. The molecule has 0 spiro atoms. The second-order valence-electron chi connectivity index (χ2n) is 9.27. The van der Waals surface area contributed by atoms with Crippen molar-refractivity contribution in [2.45, 2.75) is 72.2 Å². The molecular weight excluding hydrogens is 334 g/mol. The van der Waals surface area contributed by atoms with Crippen LogP contribution in [0.4, 0.5) is 4.39 Å². The highest BCUT2D eigenvalue weighted by Gasteiger charge is 2.54. The Morgan fingerprint density at radius 1 is 1.15 bits per heavy atom. The molecule has 1 aromatic carbocycles. The van der Waals surface area contributed by atoms with Gasteiger partial charge < -0.3 is 19.2 Å². The highest BCUT2D eigenvalue weighted by atomic mass is 19.1. The Morgan fingerprint density at radius 3 is 2.27 bits per heavy atom. The van der Waals surface area contributed by atoms with Crippen LogP contribution in [0.2, 0.25) is 0 Å². The first-order valence-corrected chi connectivity index (χ1v) is 9.06. The largest absolute Gasteiger partial charge is 0.525 e. The number of phenolic OH excluding ortho intramolecular Hbond substituents is 1. The summed E-state index contributed by atoms with van der Waals surface area (Å²) in [7, 11) is -1.07. The Hall–Kier alpha value is -1.53. The molecule has 142 valence electrons. The number of aromatic hydroxyl groups is 1. The van der Waals surface area contributed by atoms with Crippen LogP contribution in [0, 0.1) is 5.41 Å². The molecule has 2 aliphatic heterocycles. The molecule has 6 heteroatoms. The van der Waals surface area contributed by atoms with Gasteiger partial charge in [-0.1, -0.05) is 20.8 Å². The molecule has 1 aromatic rings. The van der Waals surface area contributed by atoms with Gasteiger partial charge in [-0.3, -0.25) is 0 Å². The number of rotatable bonds is 1. The van der Waals surface area contributed by atoms with Gasteiger partial charge in [-0.05, 0) is 56.9 Å². The van der Waals surface area contributed by atoms with E-state index in [0.29, 0.717) is 23.3 Å². The van der Waals surface area contributed by atoms with Crippen LogP contribution < -0.4 is 4.74 Å². The van der Waals surface area contributed by atoms with Crippen LogP contribution in [0.25, 0.3) is 5.57 Å². The normalized spacial score (nSPS) is 26.3. The maximum atomic E-state index is 15.5. The molecule has 1 unspecified atom stereocenters. The lowest BCUT2D eigenvalue weighted by atomic mass is 9.76. The predicted octanol–water partition coefficient (Wildman–Crippen LogP) is 4.90. The van der Waals surface area contributed by atoms with Crippen molar-refractivity contribution >= 4 is 12.7 Å². The second kappa shape index (κ2) is 5.99. The number of phenols is 1. The van der Waals surface area contributed by atoms with Crippen molar-refractivity contribution in [2.75, 3.05) is 0 Å². The van der Waals surface area contributed by atoms with Crippen LogP contribution in [0.5, 0.6) is 11.5 Å². The van der Waals surface area contributed by atoms with E-state index in [1.165, 1.54) is 6.07 Å². The van der Waals surface area contributed by atoms with E-state index in [0.717, 1.165) is 0 Å². The molecule has 26 heavy (non-hydrogen) atoms. The summed E-state index contributed by atoms with van der Waals surface area (Å²) < 4.78 is 33.4. The van der Waals surface area contributed by atoms with Crippen LogP contribution in [0.3, 0.4) is 0 Å². The Bertz CT molecular complexity index is 733. The van der Waals surface area contributed by atoms with Crippen LogP contribution >= 0.6 is 0 Å². The molecule has 1 N–H and O–H groups in total. The number of hydrogen-bond donors (Lipinski definition) is 1. The molecule has 1 fully saturated rings. The van der Waals surface area contributed by atoms with Crippen molar-refractivity contribution in [3.8, 4) is 11.5 Å². The maximum Gasteiger partial charge on any atom is 0.525 e. The average Bonchev–Trinajstić information content (AvgIpc) is 2.72. The van der Waals surface area contributed by atoms with Gasteiger partial charge in [0.2, 0.25) is 0 Å². The molecule has 0 aliphatic carbocycles. The topological polar surface area (TPSA) is 47.9 Å². The lowest BCUT2D eigenvalue weighted by Crippen LogP contribution is -2.41. The molecule has 0 aromatic heterocycles. The monoisotopic (exact) mass is 362 g/mol. The fraction of sp³-hybridized carbons (Fsp3) is 0.600. The SMILES string of the molecule is CC(C)(C)C1CC(=C(F)B2OC(C)(C)C(C)(C)O2)c2cc(O)ccc2O1. The lowest BCUT2D eigenvalue weighted by molar-refractivity contribution is 0.00578. The summed E-state index contributed by atoms with van der Waals surface area (Å²) in [6.45, 7) is 13.8. The Morgan fingerprint density at radius 2 is 1.73 bits per heavy atom. The van der Waals surface area contributed by atoms with Crippen molar-refractivity contribution in [2.24, 2.45) is 5.41 Å². The summed E-state index contributed by atoms with van der Waals surface area (Å²) in [5.41, 5.74) is -0.833. The van der Waals surface area contributed by atoms with Gasteiger partial charge in [0.1, 0.15) is 23.3 Å². The molecule has 1 saturated heterocycles. The molecule has 2 heterocycles. The third-order valence-electron chi connectivity index (χ3n) is 5.66. The van der Waals surface area contributed by atoms with Crippen molar-refractivity contribution in [3.63, 3.8) is 0 Å². The van der Waals surface area contributed by atoms with Crippen LogP contribution in [-0.4, -0.2) is 29.5 Å². The van der Waals surface area contributed by atoms with Gasteiger partial charge in [-0.2, -0.15) is 0 Å². The minimum atomic E-state index is -1.07. The minimum absolute atomic E-state index is 0.0702. The Kier molecular flexibility index (Phi) is 4.44. The van der Waals surface area contributed by atoms with E-state index in [1.54, 1.807) is 12.1 Å². The van der Waals surface area contributed by atoms with Gasteiger partial charge in [0.15, 0.2) is 0 Å². The highest BCUT2D eigenvalue weighted by Crippen LogP contribution is 2.46. The third-order valence-corrected chi connectivity index (χ3v) is 5.66. The van der Waals surface area contributed by atoms with Gasteiger partial charge in [-0.15, -0.1) is 0 Å².